The molecule has 0 atom stereocenters. The first kappa shape index (κ1) is 18.8. The molecule has 7 nitrogen and oxygen atoms in total. The molecular weight excluding hydrogens is 376 g/mol. The Kier molecular flexibility index (Phi) is 5.57. The van der Waals surface area contributed by atoms with Gasteiger partial charge in [-0.2, -0.15) is 4.31 Å². The molecule has 0 saturated carbocycles. The number of piperazine rings is 1. The van der Waals surface area contributed by atoms with E-state index < -0.39 is 15.9 Å². The molecule has 0 aliphatic carbocycles. The van der Waals surface area contributed by atoms with Crippen LogP contribution in [-0.2, 0) is 10.0 Å². The third kappa shape index (κ3) is 4.21. The first-order valence-corrected chi connectivity index (χ1v) is 9.90. The Hall–Kier alpha value is -2.00. The molecule has 0 unspecified atom stereocenters. The number of rotatable bonds is 4. The second-order valence-electron chi connectivity index (χ2n) is 6.05. The van der Waals surface area contributed by atoms with E-state index in [1.165, 1.54) is 28.7 Å². The standard InChI is InChI=1S/C17H19ClN4O3S/c1-21-8-10-22(11-9-21)26(24,25)15-4-2-14(3-5-15)20-17(23)16-12-13(18)6-7-19-16/h2-7,12H,8-11H2,1H3,(H,20,23). The highest BCUT2D eigenvalue weighted by atomic mass is 35.5. The van der Waals surface area contributed by atoms with Crippen LogP contribution in [0.5, 0.6) is 0 Å². The molecule has 26 heavy (non-hydrogen) atoms. The minimum absolute atomic E-state index is 0.187. The monoisotopic (exact) mass is 394 g/mol. The van der Waals surface area contributed by atoms with E-state index >= 15 is 0 Å². The van der Waals surface area contributed by atoms with E-state index in [2.05, 4.69) is 15.2 Å². The molecule has 2 aromatic rings. The van der Waals surface area contributed by atoms with Gasteiger partial charge in [-0.25, -0.2) is 8.42 Å². The summed E-state index contributed by atoms with van der Waals surface area (Å²) >= 11 is 5.85. The fraction of sp³-hybridized carbons (Fsp3) is 0.294. The highest BCUT2D eigenvalue weighted by molar-refractivity contribution is 7.89. The van der Waals surface area contributed by atoms with E-state index in [4.69, 9.17) is 11.6 Å². The van der Waals surface area contributed by atoms with Crippen molar-refractivity contribution in [2.24, 2.45) is 0 Å². The SMILES string of the molecule is CN1CCN(S(=O)(=O)c2ccc(NC(=O)c3cc(Cl)ccn3)cc2)CC1. The van der Waals surface area contributed by atoms with Crippen LogP contribution in [-0.4, -0.2) is 61.7 Å². The maximum Gasteiger partial charge on any atom is 0.274 e. The summed E-state index contributed by atoms with van der Waals surface area (Å²) in [4.78, 5) is 18.4. The fourth-order valence-electron chi connectivity index (χ4n) is 2.61. The summed E-state index contributed by atoms with van der Waals surface area (Å²) in [5.41, 5.74) is 0.667. The second kappa shape index (κ2) is 7.71. The molecule has 2 heterocycles. The lowest BCUT2D eigenvalue weighted by Gasteiger charge is -2.31. The van der Waals surface area contributed by atoms with Crippen molar-refractivity contribution in [3.63, 3.8) is 0 Å². The van der Waals surface area contributed by atoms with Gasteiger partial charge in [0.15, 0.2) is 0 Å². The Morgan fingerprint density at radius 1 is 1.12 bits per heavy atom. The number of amides is 1. The number of hydrogen-bond donors (Lipinski definition) is 1. The molecule has 3 rings (SSSR count). The Bertz CT molecular complexity index is 894. The molecule has 1 aromatic carbocycles. The van der Waals surface area contributed by atoms with Crippen molar-refractivity contribution in [1.82, 2.24) is 14.2 Å². The lowest BCUT2D eigenvalue weighted by Crippen LogP contribution is -2.46. The fourth-order valence-corrected chi connectivity index (χ4v) is 4.19. The van der Waals surface area contributed by atoms with Gasteiger partial charge in [0.05, 0.1) is 4.90 Å². The minimum Gasteiger partial charge on any atom is -0.321 e. The van der Waals surface area contributed by atoms with Crippen LogP contribution in [0.4, 0.5) is 5.69 Å². The van der Waals surface area contributed by atoms with Gasteiger partial charge >= 0.3 is 0 Å². The third-order valence-corrected chi connectivity index (χ3v) is 6.31. The first-order chi connectivity index (χ1) is 12.4. The number of halogens is 1. The van der Waals surface area contributed by atoms with Gasteiger partial charge in [0, 0.05) is 43.1 Å². The summed E-state index contributed by atoms with van der Waals surface area (Å²) in [7, 11) is -1.56. The Labute approximate surface area is 157 Å². The van der Waals surface area contributed by atoms with Crippen molar-refractivity contribution in [1.29, 1.82) is 0 Å². The summed E-state index contributed by atoms with van der Waals surface area (Å²) in [6.07, 6.45) is 1.45. The van der Waals surface area contributed by atoms with Crippen molar-refractivity contribution in [3.8, 4) is 0 Å². The zero-order valence-electron chi connectivity index (χ0n) is 14.2. The van der Waals surface area contributed by atoms with Crippen molar-refractivity contribution in [2.45, 2.75) is 4.90 Å². The quantitative estimate of drug-likeness (QED) is 0.856. The second-order valence-corrected chi connectivity index (χ2v) is 8.42. The van der Waals surface area contributed by atoms with Gasteiger partial charge in [-0.15, -0.1) is 0 Å². The van der Waals surface area contributed by atoms with E-state index in [9.17, 15) is 13.2 Å². The lowest BCUT2D eigenvalue weighted by atomic mass is 10.3. The first-order valence-electron chi connectivity index (χ1n) is 8.08. The summed E-state index contributed by atoms with van der Waals surface area (Å²) in [5, 5.41) is 3.09. The van der Waals surface area contributed by atoms with Gasteiger partial charge in [-0.05, 0) is 43.4 Å². The molecule has 1 aromatic heterocycles. The Morgan fingerprint density at radius 2 is 1.77 bits per heavy atom. The Balaban J connectivity index is 1.71. The normalized spacial score (nSPS) is 16.4. The number of benzene rings is 1. The molecule has 0 spiro atoms. The van der Waals surface area contributed by atoms with Crippen LogP contribution in [0.2, 0.25) is 5.02 Å². The molecule has 0 radical (unpaired) electrons. The number of nitrogens with one attached hydrogen (secondary N) is 1. The number of nitrogens with zero attached hydrogens (tertiary/aromatic N) is 3. The van der Waals surface area contributed by atoms with Crippen LogP contribution in [0.15, 0.2) is 47.5 Å². The highest BCUT2D eigenvalue weighted by Gasteiger charge is 2.27. The molecule has 138 valence electrons. The van der Waals surface area contributed by atoms with Crippen LogP contribution in [0.3, 0.4) is 0 Å². The number of pyridine rings is 1. The third-order valence-electron chi connectivity index (χ3n) is 4.17. The number of carbonyl (C=O) groups is 1. The van der Waals surface area contributed by atoms with Crippen molar-refractivity contribution in [2.75, 3.05) is 38.5 Å². The topological polar surface area (TPSA) is 82.6 Å². The molecule has 1 N–H and O–H groups in total. The van der Waals surface area contributed by atoms with Crippen molar-refractivity contribution in [3.05, 3.63) is 53.3 Å². The molecule has 1 amide bonds. The van der Waals surface area contributed by atoms with Gasteiger partial charge in [0.1, 0.15) is 5.69 Å². The minimum atomic E-state index is -3.52. The molecular formula is C17H19ClN4O3S. The van der Waals surface area contributed by atoms with Crippen molar-refractivity contribution < 1.29 is 13.2 Å². The van der Waals surface area contributed by atoms with Gasteiger partial charge in [0.25, 0.3) is 5.91 Å². The largest absolute Gasteiger partial charge is 0.321 e. The van der Waals surface area contributed by atoms with E-state index in [1.54, 1.807) is 18.2 Å². The number of likely N-dealkylation sites (N-methyl/N-ethyl adjacent to an activating group) is 1. The van der Waals surface area contributed by atoms with Crippen LogP contribution >= 0.6 is 11.6 Å². The molecule has 9 heteroatoms. The summed E-state index contributed by atoms with van der Waals surface area (Å²) in [6.45, 7) is 2.36. The highest BCUT2D eigenvalue weighted by Crippen LogP contribution is 2.20. The number of hydrogen-bond acceptors (Lipinski definition) is 5. The van der Waals surface area contributed by atoms with Crippen LogP contribution < -0.4 is 5.32 Å². The predicted molar refractivity (Wildman–Crippen MR) is 99.9 cm³/mol. The molecule has 1 aliphatic heterocycles. The molecule has 1 aliphatic rings. The van der Waals surface area contributed by atoms with E-state index in [0.29, 0.717) is 36.9 Å². The maximum absolute atomic E-state index is 12.7. The predicted octanol–water partition coefficient (Wildman–Crippen LogP) is 1.92. The molecule has 0 bridgehead atoms. The zero-order valence-corrected chi connectivity index (χ0v) is 15.8. The van der Waals surface area contributed by atoms with Crippen molar-refractivity contribution >= 4 is 33.2 Å². The average molecular weight is 395 g/mol. The van der Waals surface area contributed by atoms with E-state index in [0.717, 1.165) is 0 Å². The average Bonchev–Trinajstić information content (AvgIpc) is 2.62. The van der Waals surface area contributed by atoms with Gasteiger partial charge in [-0.3, -0.25) is 9.78 Å². The van der Waals surface area contributed by atoms with Gasteiger partial charge in [-0.1, -0.05) is 11.6 Å². The zero-order chi connectivity index (χ0) is 18.7. The lowest BCUT2D eigenvalue weighted by molar-refractivity contribution is 0.102. The Morgan fingerprint density at radius 3 is 2.38 bits per heavy atom. The maximum atomic E-state index is 12.7. The number of carbonyl (C=O) groups excluding carboxylic acids is 1. The van der Waals surface area contributed by atoms with E-state index in [-0.39, 0.29) is 10.6 Å². The van der Waals surface area contributed by atoms with Gasteiger partial charge in [0.2, 0.25) is 10.0 Å². The number of aromatic nitrogens is 1. The van der Waals surface area contributed by atoms with Crippen LogP contribution in [0.25, 0.3) is 0 Å². The summed E-state index contributed by atoms with van der Waals surface area (Å²) in [6, 6.07) is 9.15. The van der Waals surface area contributed by atoms with Crippen LogP contribution in [0.1, 0.15) is 10.5 Å². The molecule has 1 fully saturated rings. The number of sulfonamides is 1. The number of anilines is 1. The van der Waals surface area contributed by atoms with Crippen LogP contribution in [0, 0.1) is 0 Å². The summed E-state index contributed by atoms with van der Waals surface area (Å²) in [5.74, 6) is -0.415. The molecule has 1 saturated heterocycles. The van der Waals surface area contributed by atoms with E-state index in [1.807, 2.05) is 7.05 Å². The smallest absolute Gasteiger partial charge is 0.274 e. The van der Waals surface area contributed by atoms with Gasteiger partial charge < -0.3 is 10.2 Å². The summed E-state index contributed by atoms with van der Waals surface area (Å²) < 4.78 is 26.8.